The molecule has 0 saturated heterocycles. The fraction of sp³-hybridized carbons (Fsp3) is 0.143. The largest absolute Gasteiger partial charge is 0.465 e. The Morgan fingerprint density at radius 3 is 2.19 bits per heavy atom. The minimum atomic E-state index is -0.902. The second-order valence-electron chi connectivity index (χ2n) is 8.49. The number of rotatable bonds is 5. The van der Waals surface area contributed by atoms with E-state index in [0.29, 0.717) is 16.9 Å². The van der Waals surface area contributed by atoms with Gasteiger partial charge in [-0.2, -0.15) is 5.10 Å². The van der Waals surface area contributed by atoms with E-state index in [1.807, 2.05) is 43.3 Å². The Morgan fingerprint density at radius 2 is 1.56 bits per heavy atom. The van der Waals surface area contributed by atoms with Crippen LogP contribution in [0.5, 0.6) is 0 Å². The summed E-state index contributed by atoms with van der Waals surface area (Å²) >= 11 is 0. The molecule has 0 bridgehead atoms. The number of hydrogen-bond acceptors (Lipinski definition) is 5. The summed E-state index contributed by atoms with van der Waals surface area (Å²) in [6.07, 6.45) is 0. The molecule has 0 spiro atoms. The normalized spacial score (nSPS) is 16.6. The van der Waals surface area contributed by atoms with Gasteiger partial charge in [0.1, 0.15) is 11.9 Å². The molecular formula is C28H24N4O4. The maximum atomic E-state index is 13.5. The highest BCUT2D eigenvalue weighted by Gasteiger charge is 2.41. The molecule has 1 aromatic heterocycles. The monoisotopic (exact) mass is 480 g/mol. The second-order valence-corrected chi connectivity index (χ2v) is 8.49. The van der Waals surface area contributed by atoms with Crippen LogP contribution in [0.3, 0.4) is 0 Å². The van der Waals surface area contributed by atoms with Crippen LogP contribution in [0.2, 0.25) is 0 Å². The van der Waals surface area contributed by atoms with Gasteiger partial charge in [-0.25, -0.2) is 9.48 Å². The number of para-hydroxylation sites is 1. The number of esters is 1. The first kappa shape index (κ1) is 23.0. The Bertz CT molecular complexity index is 1430. The number of carbonyl (C=O) groups is 3. The smallest absolute Gasteiger partial charge is 0.337 e. The number of hydrogen-bond donors (Lipinski definition) is 2. The van der Waals surface area contributed by atoms with E-state index in [1.165, 1.54) is 7.11 Å². The van der Waals surface area contributed by atoms with Gasteiger partial charge in [0.15, 0.2) is 0 Å². The van der Waals surface area contributed by atoms with Crippen molar-refractivity contribution in [1.29, 1.82) is 0 Å². The van der Waals surface area contributed by atoms with Crippen molar-refractivity contribution in [2.24, 2.45) is 0 Å². The highest BCUT2D eigenvalue weighted by atomic mass is 16.5. The van der Waals surface area contributed by atoms with Gasteiger partial charge in [0.25, 0.3) is 5.91 Å². The minimum absolute atomic E-state index is 0.356. The summed E-state index contributed by atoms with van der Waals surface area (Å²) in [5.74, 6) is -1.15. The van der Waals surface area contributed by atoms with Crippen LogP contribution in [0.4, 0.5) is 5.82 Å². The summed E-state index contributed by atoms with van der Waals surface area (Å²) in [7, 11) is 1.32. The first-order valence-electron chi connectivity index (χ1n) is 11.5. The summed E-state index contributed by atoms with van der Waals surface area (Å²) in [6, 6.07) is 24.2. The Morgan fingerprint density at radius 1 is 0.917 bits per heavy atom. The molecule has 0 saturated carbocycles. The summed E-state index contributed by atoms with van der Waals surface area (Å²) in [4.78, 5) is 38.5. The zero-order chi connectivity index (χ0) is 25.2. The predicted molar refractivity (Wildman–Crippen MR) is 134 cm³/mol. The highest BCUT2D eigenvalue weighted by Crippen LogP contribution is 2.40. The van der Waals surface area contributed by atoms with Crippen LogP contribution in [0, 0.1) is 6.92 Å². The van der Waals surface area contributed by atoms with Crippen LogP contribution in [-0.2, 0) is 9.53 Å². The van der Waals surface area contributed by atoms with Gasteiger partial charge in [-0.1, -0.05) is 48.5 Å². The summed E-state index contributed by atoms with van der Waals surface area (Å²) in [5, 5.41) is 10.6. The Balaban J connectivity index is 1.62. The summed E-state index contributed by atoms with van der Waals surface area (Å²) < 4.78 is 6.52. The predicted octanol–water partition coefficient (Wildman–Crippen LogP) is 3.85. The van der Waals surface area contributed by atoms with Crippen molar-refractivity contribution >= 4 is 23.6 Å². The van der Waals surface area contributed by atoms with Crippen LogP contribution >= 0.6 is 0 Å². The van der Waals surface area contributed by atoms with Gasteiger partial charge in [0.05, 0.1) is 24.1 Å². The molecule has 180 valence electrons. The molecule has 0 unspecified atom stereocenters. The molecule has 0 radical (unpaired) electrons. The molecule has 1 aliphatic rings. The lowest BCUT2D eigenvalue weighted by atomic mass is 9.81. The second kappa shape index (κ2) is 9.50. The molecule has 0 aliphatic carbocycles. The van der Waals surface area contributed by atoms with E-state index in [0.717, 1.165) is 22.5 Å². The first-order valence-corrected chi connectivity index (χ1v) is 11.5. The standard InChI is InChI=1S/C28H24N4O4/c1-17-22-23(18-13-15-20(16-14-18)28(35)36-2)24(29-26(33)19-9-5-3-6-10-19)27(34)30-25(22)32(31-17)21-11-7-4-8-12-21/h3-16,23-24H,1-2H3,(H,29,33)(H,30,34)/t23-,24+/m1/s1. The van der Waals surface area contributed by atoms with Gasteiger partial charge in [-0.3, -0.25) is 9.59 Å². The molecule has 2 heterocycles. The molecular weight excluding hydrogens is 456 g/mol. The number of fused-ring (bicyclic) bond motifs is 1. The maximum Gasteiger partial charge on any atom is 0.337 e. The van der Waals surface area contributed by atoms with Crippen molar-refractivity contribution in [2.45, 2.75) is 18.9 Å². The zero-order valence-corrected chi connectivity index (χ0v) is 19.8. The number of aryl methyl sites for hydroxylation is 1. The third-order valence-corrected chi connectivity index (χ3v) is 6.29. The van der Waals surface area contributed by atoms with Crippen LogP contribution in [0.15, 0.2) is 84.9 Å². The lowest BCUT2D eigenvalue weighted by Gasteiger charge is -2.33. The quantitative estimate of drug-likeness (QED) is 0.423. The lowest BCUT2D eigenvalue weighted by Crippen LogP contribution is -2.50. The van der Waals surface area contributed by atoms with E-state index in [1.54, 1.807) is 53.2 Å². The lowest BCUT2D eigenvalue weighted by molar-refractivity contribution is -0.118. The molecule has 5 rings (SSSR count). The van der Waals surface area contributed by atoms with Crippen LogP contribution < -0.4 is 10.6 Å². The number of nitrogens with zero attached hydrogens (tertiary/aromatic N) is 2. The topological polar surface area (TPSA) is 102 Å². The molecule has 2 atom stereocenters. The highest BCUT2D eigenvalue weighted by molar-refractivity contribution is 6.04. The third kappa shape index (κ3) is 4.13. The van der Waals surface area contributed by atoms with Gasteiger partial charge in [0, 0.05) is 17.0 Å². The van der Waals surface area contributed by atoms with Crippen LogP contribution in [0.25, 0.3) is 5.69 Å². The number of nitrogens with one attached hydrogen (secondary N) is 2. The molecule has 4 aromatic rings. The molecule has 3 aromatic carbocycles. The molecule has 8 nitrogen and oxygen atoms in total. The first-order chi connectivity index (χ1) is 17.5. The number of ether oxygens (including phenoxy) is 1. The average Bonchev–Trinajstić information content (AvgIpc) is 3.25. The van der Waals surface area contributed by atoms with E-state index in [9.17, 15) is 14.4 Å². The summed E-state index contributed by atoms with van der Waals surface area (Å²) in [6.45, 7) is 1.88. The Kier molecular flexibility index (Phi) is 6.08. The van der Waals surface area contributed by atoms with Crippen molar-refractivity contribution in [2.75, 3.05) is 12.4 Å². The minimum Gasteiger partial charge on any atom is -0.465 e. The van der Waals surface area contributed by atoms with Crippen LogP contribution in [0.1, 0.15) is 43.5 Å². The average molecular weight is 481 g/mol. The van der Waals surface area contributed by atoms with E-state index >= 15 is 0 Å². The maximum absolute atomic E-state index is 13.5. The molecule has 2 amide bonds. The molecule has 0 fully saturated rings. The number of benzene rings is 3. The van der Waals surface area contributed by atoms with Crippen molar-refractivity contribution in [3.63, 3.8) is 0 Å². The van der Waals surface area contributed by atoms with E-state index in [4.69, 9.17) is 9.84 Å². The third-order valence-electron chi connectivity index (χ3n) is 6.29. The number of methoxy groups -OCH3 is 1. The molecule has 8 heteroatoms. The van der Waals surface area contributed by atoms with Gasteiger partial charge >= 0.3 is 5.97 Å². The zero-order valence-electron chi connectivity index (χ0n) is 19.8. The Hall–Kier alpha value is -4.72. The molecule has 36 heavy (non-hydrogen) atoms. The number of amides is 2. The van der Waals surface area contributed by atoms with E-state index < -0.39 is 17.9 Å². The van der Waals surface area contributed by atoms with E-state index in [-0.39, 0.29) is 11.8 Å². The van der Waals surface area contributed by atoms with Gasteiger partial charge < -0.3 is 15.4 Å². The van der Waals surface area contributed by atoms with Gasteiger partial charge in [-0.15, -0.1) is 0 Å². The Labute approximate surface area is 207 Å². The van der Waals surface area contributed by atoms with Gasteiger partial charge in [0.2, 0.25) is 5.91 Å². The van der Waals surface area contributed by atoms with E-state index in [2.05, 4.69) is 10.6 Å². The van der Waals surface area contributed by atoms with Crippen molar-refractivity contribution in [1.82, 2.24) is 15.1 Å². The van der Waals surface area contributed by atoms with Crippen molar-refractivity contribution in [3.8, 4) is 5.69 Å². The molecule has 2 N–H and O–H groups in total. The SMILES string of the molecule is COC(=O)c1ccc([C@@H]2c3c(C)nn(-c4ccccc4)c3NC(=O)[C@H]2NC(=O)c2ccccc2)cc1. The number of anilines is 1. The van der Waals surface area contributed by atoms with Crippen LogP contribution in [-0.4, -0.2) is 40.7 Å². The number of aromatic nitrogens is 2. The number of carbonyl (C=O) groups excluding carboxylic acids is 3. The van der Waals surface area contributed by atoms with Gasteiger partial charge in [-0.05, 0) is 48.9 Å². The fourth-order valence-corrected chi connectivity index (χ4v) is 4.57. The summed E-state index contributed by atoms with van der Waals surface area (Å²) in [5.41, 5.74) is 3.91. The van der Waals surface area contributed by atoms with Crippen molar-refractivity contribution in [3.05, 3.63) is 113 Å². The molecule has 1 aliphatic heterocycles. The van der Waals surface area contributed by atoms with Crippen molar-refractivity contribution < 1.29 is 19.1 Å². The fourth-order valence-electron chi connectivity index (χ4n) is 4.57.